The van der Waals surface area contributed by atoms with E-state index in [4.69, 9.17) is 14.7 Å². The predicted octanol–water partition coefficient (Wildman–Crippen LogP) is 3.97. The Morgan fingerprint density at radius 1 is 1.00 bits per heavy atom. The zero-order chi connectivity index (χ0) is 19.9. The molecule has 1 heterocycles. The van der Waals surface area contributed by atoms with Crippen molar-refractivity contribution in [3.05, 3.63) is 72.1 Å². The number of rotatable bonds is 6. The summed E-state index contributed by atoms with van der Waals surface area (Å²) in [6.45, 7) is 0. The minimum Gasteiger partial charge on any atom is -0.497 e. The second-order valence-corrected chi connectivity index (χ2v) is 5.77. The first-order chi connectivity index (χ1) is 13.6. The number of ether oxygens (including phenoxy) is 2. The van der Waals surface area contributed by atoms with E-state index < -0.39 is 0 Å². The number of pyridine rings is 1. The SMILES string of the molecule is COc1ccc(Nc2ccc(C(=O)Nc3ccc(C#N)cc3)nc2)c(OC)c1. The third-order valence-corrected chi connectivity index (χ3v) is 3.96. The molecule has 0 aliphatic heterocycles. The van der Waals surface area contributed by atoms with E-state index in [1.54, 1.807) is 62.9 Å². The first-order valence-corrected chi connectivity index (χ1v) is 8.39. The molecule has 0 atom stereocenters. The van der Waals surface area contributed by atoms with Crippen LogP contribution in [0.25, 0.3) is 0 Å². The zero-order valence-corrected chi connectivity index (χ0v) is 15.4. The van der Waals surface area contributed by atoms with Crippen LogP contribution in [0, 0.1) is 11.3 Å². The summed E-state index contributed by atoms with van der Waals surface area (Å²) in [5, 5.41) is 14.8. The van der Waals surface area contributed by atoms with Crippen LogP contribution in [0.4, 0.5) is 17.1 Å². The third kappa shape index (κ3) is 4.37. The summed E-state index contributed by atoms with van der Waals surface area (Å²) in [5.74, 6) is 0.982. The van der Waals surface area contributed by atoms with E-state index in [1.165, 1.54) is 0 Å². The van der Waals surface area contributed by atoms with Gasteiger partial charge in [-0.15, -0.1) is 0 Å². The van der Waals surface area contributed by atoms with E-state index in [0.717, 1.165) is 5.69 Å². The maximum atomic E-state index is 12.3. The van der Waals surface area contributed by atoms with Crippen molar-refractivity contribution < 1.29 is 14.3 Å². The van der Waals surface area contributed by atoms with Crippen molar-refractivity contribution in [3.63, 3.8) is 0 Å². The van der Waals surface area contributed by atoms with Crippen LogP contribution >= 0.6 is 0 Å². The number of nitrogens with one attached hydrogen (secondary N) is 2. The van der Waals surface area contributed by atoms with Gasteiger partial charge in [-0.25, -0.2) is 4.98 Å². The van der Waals surface area contributed by atoms with Gasteiger partial charge in [-0.05, 0) is 48.5 Å². The van der Waals surface area contributed by atoms with Gasteiger partial charge in [0.2, 0.25) is 0 Å². The summed E-state index contributed by atoms with van der Waals surface area (Å²) < 4.78 is 10.5. The van der Waals surface area contributed by atoms with Gasteiger partial charge in [-0.1, -0.05) is 0 Å². The van der Waals surface area contributed by atoms with E-state index in [2.05, 4.69) is 15.6 Å². The fourth-order valence-corrected chi connectivity index (χ4v) is 2.48. The Labute approximate surface area is 162 Å². The summed E-state index contributed by atoms with van der Waals surface area (Å²) in [5.41, 5.74) is 2.85. The number of benzene rings is 2. The van der Waals surface area contributed by atoms with Crippen molar-refractivity contribution >= 4 is 23.0 Å². The van der Waals surface area contributed by atoms with Gasteiger partial charge < -0.3 is 20.1 Å². The highest BCUT2D eigenvalue weighted by Crippen LogP contribution is 2.31. The molecule has 1 aromatic heterocycles. The van der Waals surface area contributed by atoms with Crippen LogP contribution in [0.1, 0.15) is 16.1 Å². The molecule has 0 aliphatic rings. The first-order valence-electron chi connectivity index (χ1n) is 8.39. The highest BCUT2D eigenvalue weighted by molar-refractivity contribution is 6.03. The molecule has 0 fully saturated rings. The number of hydrogen-bond donors (Lipinski definition) is 2. The van der Waals surface area contributed by atoms with Crippen LogP contribution in [0.5, 0.6) is 11.5 Å². The molecule has 2 aromatic carbocycles. The van der Waals surface area contributed by atoms with Crippen molar-refractivity contribution in [1.29, 1.82) is 5.26 Å². The van der Waals surface area contributed by atoms with Gasteiger partial charge in [-0.2, -0.15) is 5.26 Å². The number of anilines is 3. The van der Waals surface area contributed by atoms with Crippen molar-refractivity contribution in [2.24, 2.45) is 0 Å². The lowest BCUT2D eigenvalue weighted by atomic mass is 10.2. The largest absolute Gasteiger partial charge is 0.497 e. The number of hydrogen-bond acceptors (Lipinski definition) is 6. The number of nitriles is 1. The van der Waals surface area contributed by atoms with Crippen molar-refractivity contribution in [2.45, 2.75) is 0 Å². The lowest BCUT2D eigenvalue weighted by Crippen LogP contribution is -2.13. The van der Waals surface area contributed by atoms with Crippen LogP contribution in [0.2, 0.25) is 0 Å². The summed E-state index contributed by atoms with van der Waals surface area (Å²) in [4.78, 5) is 16.5. The molecule has 0 saturated heterocycles. The molecule has 0 bridgehead atoms. The molecule has 7 heteroatoms. The van der Waals surface area contributed by atoms with E-state index >= 15 is 0 Å². The molecule has 0 radical (unpaired) electrons. The molecule has 2 N–H and O–H groups in total. The van der Waals surface area contributed by atoms with Gasteiger partial charge in [0.05, 0.1) is 43.4 Å². The Balaban J connectivity index is 1.69. The quantitative estimate of drug-likeness (QED) is 0.678. The Morgan fingerprint density at radius 3 is 2.36 bits per heavy atom. The molecule has 3 aromatic rings. The van der Waals surface area contributed by atoms with Gasteiger partial charge >= 0.3 is 0 Å². The lowest BCUT2D eigenvalue weighted by Gasteiger charge is -2.12. The second-order valence-electron chi connectivity index (χ2n) is 5.77. The number of nitrogens with zero attached hydrogens (tertiary/aromatic N) is 2. The van der Waals surface area contributed by atoms with E-state index in [1.807, 2.05) is 18.2 Å². The average molecular weight is 374 g/mol. The minimum atomic E-state index is -0.335. The second kappa shape index (κ2) is 8.56. The summed E-state index contributed by atoms with van der Waals surface area (Å²) in [7, 11) is 3.17. The minimum absolute atomic E-state index is 0.275. The number of amides is 1. The molecule has 0 spiro atoms. The predicted molar refractivity (Wildman–Crippen MR) is 106 cm³/mol. The average Bonchev–Trinajstić information content (AvgIpc) is 2.75. The van der Waals surface area contributed by atoms with Crippen LogP contribution in [-0.4, -0.2) is 25.1 Å². The highest BCUT2D eigenvalue weighted by atomic mass is 16.5. The van der Waals surface area contributed by atoms with Crippen molar-refractivity contribution in [1.82, 2.24) is 4.98 Å². The Morgan fingerprint density at radius 2 is 1.75 bits per heavy atom. The standard InChI is InChI=1S/C21H18N4O3/c1-27-17-8-10-18(20(11-17)28-2)24-16-7-9-19(23-13-16)21(26)25-15-5-3-14(12-22)4-6-15/h3-11,13,24H,1-2H3,(H,25,26). The third-order valence-electron chi connectivity index (χ3n) is 3.96. The molecule has 0 unspecified atom stereocenters. The zero-order valence-electron chi connectivity index (χ0n) is 15.4. The van der Waals surface area contributed by atoms with Gasteiger partial charge in [-0.3, -0.25) is 4.79 Å². The Bertz CT molecular complexity index is 1010. The van der Waals surface area contributed by atoms with Gasteiger partial charge in [0.1, 0.15) is 17.2 Å². The Kier molecular flexibility index (Phi) is 5.72. The van der Waals surface area contributed by atoms with E-state index in [-0.39, 0.29) is 11.6 Å². The van der Waals surface area contributed by atoms with Gasteiger partial charge in [0, 0.05) is 11.8 Å². The molecular weight excluding hydrogens is 356 g/mol. The number of methoxy groups -OCH3 is 2. The number of carbonyl (C=O) groups excluding carboxylic acids is 1. The molecule has 0 saturated carbocycles. The molecule has 1 amide bonds. The topological polar surface area (TPSA) is 96.3 Å². The molecule has 7 nitrogen and oxygen atoms in total. The number of carbonyl (C=O) groups is 1. The Hall–Kier alpha value is -4.05. The van der Waals surface area contributed by atoms with E-state index in [9.17, 15) is 4.79 Å². The molecule has 28 heavy (non-hydrogen) atoms. The fourth-order valence-electron chi connectivity index (χ4n) is 2.48. The van der Waals surface area contributed by atoms with E-state index in [0.29, 0.717) is 28.4 Å². The lowest BCUT2D eigenvalue weighted by molar-refractivity contribution is 0.102. The fraction of sp³-hybridized carbons (Fsp3) is 0.0952. The molecular formula is C21H18N4O3. The normalized spacial score (nSPS) is 9.89. The van der Waals surface area contributed by atoms with Gasteiger partial charge in [0.25, 0.3) is 5.91 Å². The highest BCUT2D eigenvalue weighted by Gasteiger charge is 2.09. The molecule has 140 valence electrons. The summed E-state index contributed by atoms with van der Waals surface area (Å²) in [6, 6.07) is 17.4. The van der Waals surface area contributed by atoms with Crippen LogP contribution in [-0.2, 0) is 0 Å². The van der Waals surface area contributed by atoms with Gasteiger partial charge in [0.15, 0.2) is 0 Å². The van der Waals surface area contributed by atoms with Crippen LogP contribution in [0.15, 0.2) is 60.8 Å². The maximum absolute atomic E-state index is 12.3. The summed E-state index contributed by atoms with van der Waals surface area (Å²) in [6.07, 6.45) is 1.57. The van der Waals surface area contributed by atoms with Crippen molar-refractivity contribution in [2.75, 3.05) is 24.9 Å². The van der Waals surface area contributed by atoms with Crippen molar-refractivity contribution in [3.8, 4) is 17.6 Å². The first kappa shape index (κ1) is 18.7. The number of aromatic nitrogens is 1. The summed E-state index contributed by atoms with van der Waals surface area (Å²) >= 11 is 0. The van der Waals surface area contributed by atoms with Crippen LogP contribution < -0.4 is 20.1 Å². The van der Waals surface area contributed by atoms with Crippen LogP contribution in [0.3, 0.4) is 0 Å². The monoisotopic (exact) mass is 374 g/mol. The molecule has 3 rings (SSSR count). The smallest absolute Gasteiger partial charge is 0.274 e. The molecule has 0 aliphatic carbocycles. The maximum Gasteiger partial charge on any atom is 0.274 e.